The molecule has 0 aromatic heterocycles. The number of amides is 1. The zero-order chi connectivity index (χ0) is 29.3. The number of carbonyl (C=O) groups excluding carboxylic acids is 1. The predicted octanol–water partition coefficient (Wildman–Crippen LogP) is 5.50. The van der Waals surface area contributed by atoms with Crippen molar-refractivity contribution >= 4 is 5.91 Å². The van der Waals surface area contributed by atoms with E-state index in [0.717, 1.165) is 18.2 Å². The number of hydrogen-bond donors (Lipinski definition) is 1. The molecule has 0 radical (unpaired) electrons. The summed E-state index contributed by atoms with van der Waals surface area (Å²) in [7, 11) is 1.40. The Morgan fingerprint density at radius 3 is 2.30 bits per heavy atom. The van der Waals surface area contributed by atoms with Gasteiger partial charge in [0.15, 0.2) is 11.4 Å². The van der Waals surface area contributed by atoms with Crippen LogP contribution in [0.1, 0.15) is 43.4 Å². The van der Waals surface area contributed by atoms with Gasteiger partial charge < -0.3 is 29.0 Å². The first-order chi connectivity index (χ1) is 18.6. The molecule has 2 aromatic carbocycles. The minimum Gasteiger partial charge on any atom is -0.406 e. The van der Waals surface area contributed by atoms with E-state index in [4.69, 9.17) is 18.9 Å². The second kappa shape index (κ2) is 11.2. The topological polar surface area (TPSA) is 75.3 Å². The van der Waals surface area contributed by atoms with E-state index in [1.165, 1.54) is 31.3 Å². The third kappa shape index (κ3) is 7.25. The molecule has 13 heteroatoms. The maximum atomic E-state index is 13.2. The average Bonchev–Trinajstić information content (AvgIpc) is 3.18. The molecule has 0 unspecified atom stereocenters. The maximum Gasteiger partial charge on any atom is 0.573 e. The fourth-order valence-electron chi connectivity index (χ4n) is 5.03. The quantitative estimate of drug-likeness (QED) is 0.418. The first-order valence-corrected chi connectivity index (χ1v) is 12.4. The largest absolute Gasteiger partial charge is 0.573 e. The lowest BCUT2D eigenvalue weighted by molar-refractivity contribution is -0.274. The van der Waals surface area contributed by atoms with Crippen LogP contribution in [0.2, 0.25) is 0 Å². The number of fused-ring (bicyclic) bond motifs is 1. The summed E-state index contributed by atoms with van der Waals surface area (Å²) in [6.45, 7) is 2.92. The Kier molecular flexibility index (Phi) is 8.42. The molecule has 1 saturated heterocycles. The summed E-state index contributed by atoms with van der Waals surface area (Å²) < 4.78 is 106. The lowest BCUT2D eigenvalue weighted by Crippen LogP contribution is -2.59. The van der Waals surface area contributed by atoms with E-state index in [-0.39, 0.29) is 31.6 Å². The molecule has 2 aromatic rings. The van der Waals surface area contributed by atoms with Gasteiger partial charge in [-0.3, -0.25) is 4.79 Å². The standard InChI is InChI=1S/C27H29F6NO6/c1-24(2)39-21-13-25(23(35)34-3,37-15-16-6-4-8-18(10-16)26(28,29)30)12-20(22(21)40-24)36-14-17-7-5-9-19(11-17)38-27(31,32)33/h4-11,20-22H,12-15H2,1-3H3,(H,34,35)/t20-,21+,22-,25+/m0/s1. The number of likely N-dealkylation sites (N-methyl/N-ethyl adjacent to an activating group) is 1. The molecule has 1 saturated carbocycles. The van der Waals surface area contributed by atoms with E-state index in [2.05, 4.69) is 10.1 Å². The number of halogens is 6. The van der Waals surface area contributed by atoms with Crippen LogP contribution in [0.3, 0.4) is 0 Å². The van der Waals surface area contributed by atoms with E-state index in [9.17, 15) is 31.1 Å². The summed E-state index contributed by atoms with van der Waals surface area (Å²) in [6.07, 6.45) is -11.5. The zero-order valence-corrected chi connectivity index (χ0v) is 21.9. The van der Waals surface area contributed by atoms with Crippen LogP contribution in [-0.2, 0) is 43.1 Å². The van der Waals surface area contributed by atoms with Gasteiger partial charge in [-0.25, -0.2) is 0 Å². The fraction of sp³-hybridized carbons (Fsp3) is 0.519. The average molecular weight is 578 g/mol. The van der Waals surface area contributed by atoms with Crippen molar-refractivity contribution in [1.29, 1.82) is 0 Å². The van der Waals surface area contributed by atoms with Crippen molar-refractivity contribution in [2.75, 3.05) is 7.05 Å². The first-order valence-electron chi connectivity index (χ1n) is 12.4. The molecule has 4 atom stereocenters. The zero-order valence-electron chi connectivity index (χ0n) is 21.9. The Labute approximate surface area is 226 Å². The molecule has 1 aliphatic heterocycles. The smallest absolute Gasteiger partial charge is 0.406 e. The second-order valence-electron chi connectivity index (χ2n) is 10.2. The molecule has 1 amide bonds. The lowest BCUT2D eigenvalue weighted by Gasteiger charge is -2.43. The maximum absolute atomic E-state index is 13.2. The van der Waals surface area contributed by atoms with Crippen molar-refractivity contribution < 1.29 is 54.8 Å². The highest BCUT2D eigenvalue weighted by atomic mass is 19.4. The summed E-state index contributed by atoms with van der Waals surface area (Å²) in [5.74, 6) is -1.97. The summed E-state index contributed by atoms with van der Waals surface area (Å²) >= 11 is 0. The van der Waals surface area contributed by atoms with E-state index in [1.807, 2.05) is 0 Å². The number of ether oxygens (including phenoxy) is 5. The van der Waals surface area contributed by atoms with Crippen molar-refractivity contribution in [3.05, 3.63) is 65.2 Å². The van der Waals surface area contributed by atoms with Gasteiger partial charge in [0, 0.05) is 19.9 Å². The molecular weight excluding hydrogens is 548 g/mol. The Bertz CT molecular complexity index is 1200. The van der Waals surface area contributed by atoms with E-state index >= 15 is 0 Å². The minimum atomic E-state index is -4.86. The highest BCUT2D eigenvalue weighted by molar-refractivity contribution is 5.85. The summed E-state index contributed by atoms with van der Waals surface area (Å²) in [5.41, 5.74) is -1.82. The highest BCUT2D eigenvalue weighted by Crippen LogP contribution is 2.44. The Morgan fingerprint density at radius 1 is 0.975 bits per heavy atom. The van der Waals surface area contributed by atoms with Crippen LogP contribution in [-0.4, -0.2) is 49.0 Å². The van der Waals surface area contributed by atoms with Gasteiger partial charge in [-0.05, 0) is 49.2 Å². The van der Waals surface area contributed by atoms with Crippen LogP contribution >= 0.6 is 0 Å². The van der Waals surface area contributed by atoms with Gasteiger partial charge in [-0.15, -0.1) is 13.2 Å². The van der Waals surface area contributed by atoms with Crippen molar-refractivity contribution in [2.45, 2.75) is 82.1 Å². The molecule has 0 spiro atoms. The number of benzene rings is 2. The highest BCUT2D eigenvalue weighted by Gasteiger charge is 2.58. The number of carbonyl (C=O) groups is 1. The van der Waals surface area contributed by atoms with Crippen molar-refractivity contribution in [2.24, 2.45) is 0 Å². The fourth-order valence-corrected chi connectivity index (χ4v) is 5.03. The lowest BCUT2D eigenvalue weighted by atomic mass is 9.78. The van der Waals surface area contributed by atoms with Crippen LogP contribution < -0.4 is 10.1 Å². The predicted molar refractivity (Wildman–Crippen MR) is 128 cm³/mol. The van der Waals surface area contributed by atoms with Crippen molar-refractivity contribution in [3.8, 4) is 5.75 Å². The normalized spacial score (nSPS) is 26.3. The Morgan fingerprint density at radius 2 is 1.65 bits per heavy atom. The van der Waals surface area contributed by atoms with Gasteiger partial charge in [-0.2, -0.15) is 13.2 Å². The van der Waals surface area contributed by atoms with Crippen LogP contribution in [0.4, 0.5) is 26.3 Å². The van der Waals surface area contributed by atoms with Crippen LogP contribution in [0.5, 0.6) is 5.75 Å². The number of alkyl halides is 6. The van der Waals surface area contributed by atoms with E-state index in [0.29, 0.717) is 5.56 Å². The number of nitrogens with one attached hydrogen (secondary N) is 1. The van der Waals surface area contributed by atoms with E-state index < -0.39 is 59.5 Å². The molecule has 220 valence electrons. The van der Waals surface area contributed by atoms with Gasteiger partial charge in [-0.1, -0.05) is 24.3 Å². The molecule has 1 aliphatic carbocycles. The molecule has 4 rings (SSSR count). The Hall–Kier alpha value is -2.87. The monoisotopic (exact) mass is 577 g/mol. The van der Waals surface area contributed by atoms with Crippen molar-refractivity contribution in [1.82, 2.24) is 5.32 Å². The van der Waals surface area contributed by atoms with Gasteiger partial charge in [0.05, 0.1) is 31.0 Å². The third-order valence-electron chi connectivity index (χ3n) is 6.66. The van der Waals surface area contributed by atoms with E-state index in [1.54, 1.807) is 19.9 Å². The second-order valence-corrected chi connectivity index (χ2v) is 10.2. The van der Waals surface area contributed by atoms with Crippen LogP contribution in [0.25, 0.3) is 0 Å². The van der Waals surface area contributed by atoms with Crippen LogP contribution in [0, 0.1) is 0 Å². The molecule has 1 N–H and O–H groups in total. The van der Waals surface area contributed by atoms with Crippen molar-refractivity contribution in [3.63, 3.8) is 0 Å². The molecule has 7 nitrogen and oxygen atoms in total. The van der Waals surface area contributed by atoms with Gasteiger partial charge in [0.2, 0.25) is 0 Å². The molecule has 40 heavy (non-hydrogen) atoms. The number of hydrogen-bond acceptors (Lipinski definition) is 6. The number of rotatable bonds is 8. The molecule has 2 fully saturated rings. The summed E-state index contributed by atoms with van der Waals surface area (Å²) in [4.78, 5) is 13.2. The molecule has 1 heterocycles. The molecule has 2 aliphatic rings. The first kappa shape index (κ1) is 30.1. The summed E-state index contributed by atoms with van der Waals surface area (Å²) in [5, 5.41) is 2.55. The molecule has 0 bridgehead atoms. The minimum absolute atomic E-state index is 0.0362. The van der Waals surface area contributed by atoms with Gasteiger partial charge in [0.1, 0.15) is 11.9 Å². The SMILES string of the molecule is CNC(=O)[C@@]1(OCc2cccc(C(F)(F)F)c2)C[C@H](OCc2cccc(OC(F)(F)F)c2)[C@@H]2OC(C)(C)O[C@@H]2C1. The third-order valence-corrected chi connectivity index (χ3v) is 6.66. The molecular formula is C27H29F6NO6. The van der Waals surface area contributed by atoms with Gasteiger partial charge in [0.25, 0.3) is 5.91 Å². The van der Waals surface area contributed by atoms with Gasteiger partial charge >= 0.3 is 12.5 Å². The Balaban J connectivity index is 1.56. The van der Waals surface area contributed by atoms with Crippen LogP contribution in [0.15, 0.2) is 48.5 Å². The summed E-state index contributed by atoms with van der Waals surface area (Å²) in [6, 6.07) is 9.87.